The molecule has 0 aliphatic carbocycles. The van der Waals surface area contributed by atoms with Crippen LogP contribution in [0.5, 0.6) is 0 Å². The zero-order chi connectivity index (χ0) is 15.0. The first-order chi connectivity index (χ1) is 10.1. The van der Waals surface area contributed by atoms with Gasteiger partial charge in [0.25, 0.3) is 5.91 Å². The van der Waals surface area contributed by atoms with Crippen LogP contribution in [0.1, 0.15) is 32.0 Å². The van der Waals surface area contributed by atoms with E-state index in [4.69, 9.17) is 5.11 Å². The Morgan fingerprint density at radius 2 is 2.24 bits per heavy atom. The number of benzene rings is 1. The molecule has 1 aliphatic rings. The van der Waals surface area contributed by atoms with Crippen LogP contribution >= 0.6 is 11.5 Å². The smallest absolute Gasteiger partial charge is 0.340 e. The minimum Gasteiger partial charge on any atom is -0.478 e. The fourth-order valence-electron chi connectivity index (χ4n) is 2.33. The van der Waals surface area contributed by atoms with Crippen molar-refractivity contribution in [3.63, 3.8) is 0 Å². The summed E-state index contributed by atoms with van der Waals surface area (Å²) in [6.45, 7) is 2.48. The van der Waals surface area contributed by atoms with Crippen molar-refractivity contribution in [1.82, 2.24) is 4.37 Å². The molecular formula is C14H13N3O3S. The minimum atomic E-state index is -1.09. The molecule has 0 unspecified atom stereocenters. The van der Waals surface area contributed by atoms with Gasteiger partial charge in [0.05, 0.1) is 5.69 Å². The van der Waals surface area contributed by atoms with Crippen LogP contribution in [0, 0.1) is 6.92 Å². The molecule has 3 rings (SSSR count). The highest BCUT2D eigenvalue weighted by Crippen LogP contribution is 2.26. The van der Waals surface area contributed by atoms with E-state index in [2.05, 4.69) is 15.0 Å². The summed E-state index contributed by atoms with van der Waals surface area (Å²) in [6.07, 6.45) is 0.885. The third-order valence-electron chi connectivity index (χ3n) is 3.38. The summed E-state index contributed by atoms with van der Waals surface area (Å²) < 4.78 is 3.98. The molecule has 0 fully saturated rings. The lowest BCUT2D eigenvalue weighted by Crippen LogP contribution is -2.13. The van der Waals surface area contributed by atoms with Gasteiger partial charge in [-0.3, -0.25) is 4.79 Å². The van der Waals surface area contributed by atoms with E-state index in [0.29, 0.717) is 11.3 Å². The van der Waals surface area contributed by atoms with Crippen molar-refractivity contribution in [2.45, 2.75) is 13.3 Å². The Labute approximate surface area is 125 Å². The van der Waals surface area contributed by atoms with Crippen molar-refractivity contribution >= 4 is 34.1 Å². The van der Waals surface area contributed by atoms with E-state index in [1.807, 2.05) is 12.1 Å². The molecule has 21 heavy (non-hydrogen) atoms. The van der Waals surface area contributed by atoms with Gasteiger partial charge in [0.15, 0.2) is 0 Å². The Balaban J connectivity index is 1.85. The monoisotopic (exact) mass is 303 g/mol. The Hall–Kier alpha value is -2.41. The van der Waals surface area contributed by atoms with Crippen molar-refractivity contribution in [2.24, 2.45) is 0 Å². The van der Waals surface area contributed by atoms with Crippen molar-refractivity contribution in [1.29, 1.82) is 0 Å². The summed E-state index contributed by atoms with van der Waals surface area (Å²) >= 11 is 0.978. The molecule has 108 valence electrons. The van der Waals surface area contributed by atoms with Crippen LogP contribution in [0.25, 0.3) is 0 Å². The molecule has 3 N–H and O–H groups in total. The van der Waals surface area contributed by atoms with Gasteiger partial charge in [-0.1, -0.05) is 0 Å². The summed E-state index contributed by atoms with van der Waals surface area (Å²) in [5.74, 6) is -1.41. The number of anilines is 2. The SMILES string of the molecule is Cc1nsc(NC(=O)c2ccc3c(c2)CCN3)c1C(=O)O. The van der Waals surface area contributed by atoms with Crippen molar-refractivity contribution in [2.75, 3.05) is 17.2 Å². The van der Waals surface area contributed by atoms with Crippen molar-refractivity contribution in [3.8, 4) is 0 Å². The Bertz CT molecular complexity index is 739. The number of fused-ring (bicyclic) bond motifs is 1. The van der Waals surface area contributed by atoms with Gasteiger partial charge in [0.1, 0.15) is 10.6 Å². The molecule has 0 saturated heterocycles. The van der Waals surface area contributed by atoms with Crippen molar-refractivity contribution < 1.29 is 14.7 Å². The van der Waals surface area contributed by atoms with E-state index in [1.165, 1.54) is 0 Å². The molecule has 1 aromatic carbocycles. The third kappa shape index (κ3) is 2.47. The molecule has 0 atom stereocenters. The normalized spacial score (nSPS) is 12.6. The van der Waals surface area contributed by atoms with Crippen LogP contribution in [-0.2, 0) is 6.42 Å². The Kier molecular flexibility index (Phi) is 3.34. The standard InChI is InChI=1S/C14H13N3O3S/c1-7-11(14(19)20)13(21-17-7)16-12(18)9-2-3-10-8(6-9)4-5-15-10/h2-3,6,15H,4-5H2,1H3,(H,16,18)(H,19,20). The highest BCUT2D eigenvalue weighted by Gasteiger charge is 2.20. The number of nitrogens with one attached hydrogen (secondary N) is 2. The summed E-state index contributed by atoms with van der Waals surface area (Å²) in [5, 5.41) is 15.3. The summed E-state index contributed by atoms with van der Waals surface area (Å²) in [5.41, 5.74) is 3.12. The molecule has 1 amide bonds. The molecule has 2 aromatic rings. The van der Waals surface area contributed by atoms with E-state index in [9.17, 15) is 9.59 Å². The maximum atomic E-state index is 12.3. The highest BCUT2D eigenvalue weighted by atomic mass is 32.1. The first-order valence-electron chi connectivity index (χ1n) is 6.44. The van der Waals surface area contributed by atoms with Crippen LogP contribution in [0.2, 0.25) is 0 Å². The molecule has 0 spiro atoms. The van der Waals surface area contributed by atoms with E-state index in [-0.39, 0.29) is 16.5 Å². The Morgan fingerprint density at radius 3 is 3.00 bits per heavy atom. The first kappa shape index (κ1) is 13.6. The quantitative estimate of drug-likeness (QED) is 0.809. The third-order valence-corrected chi connectivity index (χ3v) is 4.23. The molecular weight excluding hydrogens is 290 g/mol. The lowest BCUT2D eigenvalue weighted by atomic mass is 10.1. The number of aryl methyl sites for hydroxylation is 1. The first-order valence-corrected chi connectivity index (χ1v) is 7.21. The number of amides is 1. The number of aromatic nitrogens is 1. The molecule has 7 heteroatoms. The lowest BCUT2D eigenvalue weighted by Gasteiger charge is -2.06. The molecule has 1 aromatic heterocycles. The molecule has 0 bridgehead atoms. The van der Waals surface area contributed by atoms with E-state index in [1.54, 1.807) is 13.0 Å². The highest BCUT2D eigenvalue weighted by molar-refractivity contribution is 7.11. The van der Waals surface area contributed by atoms with Gasteiger partial charge >= 0.3 is 5.97 Å². The number of hydrogen-bond acceptors (Lipinski definition) is 5. The van der Waals surface area contributed by atoms with Gasteiger partial charge in [0, 0.05) is 17.8 Å². The fourth-order valence-corrected chi connectivity index (χ4v) is 3.11. The number of aromatic carboxylic acids is 1. The number of hydrogen-bond donors (Lipinski definition) is 3. The predicted octanol–water partition coefficient (Wildman–Crippen LogP) is 2.37. The number of rotatable bonds is 3. The number of carboxylic acids is 1. The zero-order valence-corrected chi connectivity index (χ0v) is 12.1. The van der Waals surface area contributed by atoms with E-state index >= 15 is 0 Å². The van der Waals surface area contributed by atoms with Crippen LogP contribution in [-0.4, -0.2) is 27.9 Å². The van der Waals surface area contributed by atoms with E-state index < -0.39 is 5.97 Å². The van der Waals surface area contributed by atoms with E-state index in [0.717, 1.165) is 35.7 Å². The second-order valence-electron chi connectivity index (χ2n) is 4.78. The van der Waals surface area contributed by atoms with Gasteiger partial charge in [-0.15, -0.1) is 0 Å². The van der Waals surface area contributed by atoms with Crippen LogP contribution < -0.4 is 10.6 Å². The number of carbonyl (C=O) groups excluding carboxylic acids is 1. The number of carboxylic acid groups (broad SMARTS) is 1. The second-order valence-corrected chi connectivity index (χ2v) is 5.55. The summed E-state index contributed by atoms with van der Waals surface area (Å²) in [7, 11) is 0. The topological polar surface area (TPSA) is 91.3 Å². The summed E-state index contributed by atoms with van der Waals surface area (Å²) in [4.78, 5) is 23.4. The van der Waals surface area contributed by atoms with Crippen LogP contribution in [0.3, 0.4) is 0 Å². The summed E-state index contributed by atoms with van der Waals surface area (Å²) in [6, 6.07) is 5.42. The minimum absolute atomic E-state index is 0.0520. The molecule has 0 radical (unpaired) electrons. The van der Waals surface area contributed by atoms with Crippen LogP contribution in [0.15, 0.2) is 18.2 Å². The average molecular weight is 303 g/mol. The fraction of sp³-hybridized carbons (Fsp3) is 0.214. The maximum absolute atomic E-state index is 12.3. The maximum Gasteiger partial charge on any atom is 0.340 e. The molecule has 1 aliphatic heterocycles. The molecule has 6 nitrogen and oxygen atoms in total. The second kappa shape index (κ2) is 5.17. The number of nitrogens with zero attached hydrogens (tertiary/aromatic N) is 1. The van der Waals surface area contributed by atoms with Crippen LogP contribution in [0.4, 0.5) is 10.7 Å². The Morgan fingerprint density at radius 1 is 1.43 bits per heavy atom. The van der Waals surface area contributed by atoms with Gasteiger partial charge < -0.3 is 15.7 Å². The largest absolute Gasteiger partial charge is 0.478 e. The average Bonchev–Trinajstić information content (AvgIpc) is 3.04. The zero-order valence-electron chi connectivity index (χ0n) is 11.3. The van der Waals surface area contributed by atoms with Gasteiger partial charge in [-0.2, -0.15) is 4.37 Å². The predicted molar refractivity (Wildman–Crippen MR) is 80.4 cm³/mol. The van der Waals surface area contributed by atoms with Gasteiger partial charge in [-0.25, -0.2) is 4.79 Å². The molecule has 0 saturated carbocycles. The molecule has 2 heterocycles. The lowest BCUT2D eigenvalue weighted by molar-refractivity contribution is 0.0697. The van der Waals surface area contributed by atoms with Gasteiger partial charge in [0.2, 0.25) is 0 Å². The number of carbonyl (C=O) groups is 2. The van der Waals surface area contributed by atoms with Gasteiger partial charge in [-0.05, 0) is 48.6 Å². The van der Waals surface area contributed by atoms with Crippen molar-refractivity contribution in [3.05, 3.63) is 40.6 Å².